The Labute approximate surface area is 165 Å². The van der Waals surface area contributed by atoms with Crippen molar-refractivity contribution in [3.05, 3.63) is 65.2 Å². The molecule has 146 valence electrons. The summed E-state index contributed by atoms with van der Waals surface area (Å²) in [5.74, 6) is 0.427. The minimum atomic E-state index is -0.272. The Kier molecular flexibility index (Phi) is 5.07. The van der Waals surface area contributed by atoms with Gasteiger partial charge in [0.2, 0.25) is 5.91 Å². The van der Waals surface area contributed by atoms with E-state index in [2.05, 4.69) is 5.32 Å². The first-order valence-corrected chi connectivity index (χ1v) is 9.86. The number of carbonyl (C=O) groups is 2. The summed E-state index contributed by atoms with van der Waals surface area (Å²) in [5.41, 5.74) is 2.76. The molecule has 5 nitrogen and oxygen atoms in total. The number of hydrogen-bond donors (Lipinski definition) is 1. The molecule has 0 spiro atoms. The smallest absolute Gasteiger partial charge is 0.253 e. The molecule has 1 aliphatic carbocycles. The summed E-state index contributed by atoms with van der Waals surface area (Å²) in [5, 5.41) is 3.12. The Morgan fingerprint density at radius 2 is 1.75 bits per heavy atom. The molecule has 1 heterocycles. The van der Waals surface area contributed by atoms with E-state index in [9.17, 15) is 9.59 Å². The Morgan fingerprint density at radius 3 is 2.43 bits per heavy atom. The number of amides is 2. The van der Waals surface area contributed by atoms with Crippen LogP contribution in [0.15, 0.2) is 48.5 Å². The van der Waals surface area contributed by atoms with Gasteiger partial charge in [0.05, 0.1) is 13.0 Å². The summed E-state index contributed by atoms with van der Waals surface area (Å²) in [6.45, 7) is 2.93. The molecule has 28 heavy (non-hydrogen) atoms. The lowest BCUT2D eigenvalue weighted by molar-refractivity contribution is -0.125. The van der Waals surface area contributed by atoms with E-state index in [4.69, 9.17) is 4.74 Å². The minimum Gasteiger partial charge on any atom is -0.496 e. The highest BCUT2D eigenvalue weighted by Crippen LogP contribution is 2.38. The number of benzene rings is 2. The molecule has 2 aliphatic rings. The molecular weight excluding hydrogens is 352 g/mol. The summed E-state index contributed by atoms with van der Waals surface area (Å²) >= 11 is 0. The van der Waals surface area contributed by atoms with Crippen LogP contribution in [0.4, 0.5) is 0 Å². The second-order valence-electron chi connectivity index (χ2n) is 7.81. The second-order valence-corrected chi connectivity index (χ2v) is 7.81. The predicted molar refractivity (Wildman–Crippen MR) is 107 cm³/mol. The number of para-hydroxylation sites is 1. The first kappa shape index (κ1) is 18.5. The molecule has 2 atom stereocenters. The van der Waals surface area contributed by atoms with E-state index in [0.717, 1.165) is 29.7 Å². The van der Waals surface area contributed by atoms with Crippen molar-refractivity contribution in [2.75, 3.05) is 20.2 Å². The molecular formula is C23H26N2O3. The lowest BCUT2D eigenvalue weighted by atomic mass is 9.87. The van der Waals surface area contributed by atoms with E-state index in [1.54, 1.807) is 12.0 Å². The molecule has 0 radical (unpaired) electrons. The van der Waals surface area contributed by atoms with Gasteiger partial charge in [0, 0.05) is 30.6 Å². The van der Waals surface area contributed by atoms with Crippen molar-refractivity contribution in [1.82, 2.24) is 10.2 Å². The normalized spacial score (nSPS) is 21.4. The van der Waals surface area contributed by atoms with E-state index in [0.29, 0.717) is 24.7 Å². The first-order chi connectivity index (χ1) is 13.6. The molecule has 1 N–H and O–H groups in total. The second kappa shape index (κ2) is 7.66. The maximum Gasteiger partial charge on any atom is 0.253 e. The molecule has 0 aromatic heterocycles. The lowest BCUT2D eigenvalue weighted by Gasteiger charge is -2.20. The standard InChI is InChI=1S/C23H26N2O3/c1-15-7-9-16(10-8-15)23(27)25-13-19(18-5-3-4-6-21(18)28-2)20(14-25)22(26)24-17-11-12-17/h3-10,17,19-20H,11-14H2,1-2H3,(H,24,26). The molecule has 2 amide bonds. The van der Waals surface area contributed by atoms with Crippen LogP contribution >= 0.6 is 0 Å². The monoisotopic (exact) mass is 378 g/mol. The molecule has 1 saturated heterocycles. The van der Waals surface area contributed by atoms with Gasteiger partial charge in [0.15, 0.2) is 0 Å². The highest BCUT2D eigenvalue weighted by molar-refractivity contribution is 5.95. The fourth-order valence-corrected chi connectivity index (χ4v) is 3.94. The zero-order valence-electron chi connectivity index (χ0n) is 16.4. The SMILES string of the molecule is COc1ccccc1C1CN(C(=O)c2ccc(C)cc2)CC1C(=O)NC1CC1. The van der Waals surface area contributed by atoms with Gasteiger partial charge in [-0.15, -0.1) is 0 Å². The van der Waals surface area contributed by atoms with Crippen LogP contribution < -0.4 is 10.1 Å². The van der Waals surface area contributed by atoms with Crippen molar-refractivity contribution in [2.24, 2.45) is 5.92 Å². The van der Waals surface area contributed by atoms with Crippen LogP contribution in [0.3, 0.4) is 0 Å². The largest absolute Gasteiger partial charge is 0.496 e. The molecule has 1 saturated carbocycles. The summed E-state index contributed by atoms with van der Waals surface area (Å²) in [7, 11) is 1.64. The van der Waals surface area contributed by atoms with Crippen LogP contribution in [0, 0.1) is 12.8 Å². The summed E-state index contributed by atoms with van der Waals surface area (Å²) < 4.78 is 5.54. The maximum absolute atomic E-state index is 13.1. The number of hydrogen-bond acceptors (Lipinski definition) is 3. The Hall–Kier alpha value is -2.82. The number of rotatable bonds is 5. The van der Waals surface area contributed by atoms with Crippen molar-refractivity contribution in [2.45, 2.75) is 31.7 Å². The lowest BCUT2D eigenvalue weighted by Crippen LogP contribution is -2.36. The predicted octanol–water partition coefficient (Wildman–Crippen LogP) is 3.14. The Bertz CT molecular complexity index is 874. The van der Waals surface area contributed by atoms with Crippen LogP contribution in [0.2, 0.25) is 0 Å². The highest BCUT2D eigenvalue weighted by atomic mass is 16.5. The van der Waals surface area contributed by atoms with Crippen LogP contribution in [0.5, 0.6) is 5.75 Å². The zero-order chi connectivity index (χ0) is 19.7. The fraction of sp³-hybridized carbons (Fsp3) is 0.391. The van der Waals surface area contributed by atoms with Gasteiger partial charge in [-0.3, -0.25) is 9.59 Å². The van der Waals surface area contributed by atoms with E-state index in [1.165, 1.54) is 0 Å². The van der Waals surface area contributed by atoms with E-state index >= 15 is 0 Å². The van der Waals surface area contributed by atoms with Gasteiger partial charge < -0.3 is 15.0 Å². The molecule has 2 unspecified atom stereocenters. The van der Waals surface area contributed by atoms with Crippen LogP contribution in [0.1, 0.15) is 40.2 Å². The van der Waals surface area contributed by atoms with Gasteiger partial charge in [0.1, 0.15) is 5.75 Å². The quantitative estimate of drug-likeness (QED) is 0.870. The van der Waals surface area contributed by atoms with Crippen molar-refractivity contribution in [1.29, 1.82) is 0 Å². The van der Waals surface area contributed by atoms with E-state index in [1.807, 2.05) is 55.5 Å². The Morgan fingerprint density at radius 1 is 1.04 bits per heavy atom. The van der Waals surface area contributed by atoms with Gasteiger partial charge in [-0.25, -0.2) is 0 Å². The molecule has 2 aromatic carbocycles. The molecule has 5 heteroatoms. The topological polar surface area (TPSA) is 58.6 Å². The van der Waals surface area contributed by atoms with Crippen LogP contribution in [-0.4, -0.2) is 43.0 Å². The third kappa shape index (κ3) is 3.75. The average molecular weight is 378 g/mol. The fourth-order valence-electron chi connectivity index (χ4n) is 3.94. The van der Waals surface area contributed by atoms with Gasteiger partial charge in [-0.05, 0) is 43.5 Å². The van der Waals surface area contributed by atoms with Crippen molar-refractivity contribution < 1.29 is 14.3 Å². The molecule has 1 aliphatic heterocycles. The minimum absolute atomic E-state index is 0.0263. The summed E-state index contributed by atoms with van der Waals surface area (Å²) in [6.07, 6.45) is 2.09. The van der Waals surface area contributed by atoms with Gasteiger partial charge in [-0.1, -0.05) is 35.9 Å². The summed E-state index contributed by atoms with van der Waals surface area (Å²) in [4.78, 5) is 27.8. The van der Waals surface area contributed by atoms with Gasteiger partial charge in [0.25, 0.3) is 5.91 Å². The number of methoxy groups -OCH3 is 1. The number of nitrogens with zero attached hydrogens (tertiary/aromatic N) is 1. The highest BCUT2D eigenvalue weighted by Gasteiger charge is 2.42. The number of nitrogens with one attached hydrogen (secondary N) is 1. The number of likely N-dealkylation sites (tertiary alicyclic amines) is 1. The third-order valence-corrected chi connectivity index (χ3v) is 5.70. The number of aryl methyl sites for hydroxylation is 1. The van der Waals surface area contributed by atoms with Gasteiger partial charge >= 0.3 is 0 Å². The Balaban J connectivity index is 1.61. The van der Waals surface area contributed by atoms with Crippen LogP contribution in [-0.2, 0) is 4.79 Å². The van der Waals surface area contributed by atoms with Crippen molar-refractivity contribution >= 4 is 11.8 Å². The van der Waals surface area contributed by atoms with Crippen molar-refractivity contribution in [3.63, 3.8) is 0 Å². The first-order valence-electron chi connectivity index (χ1n) is 9.86. The molecule has 2 aromatic rings. The summed E-state index contributed by atoms with van der Waals surface area (Å²) in [6, 6.07) is 15.7. The van der Waals surface area contributed by atoms with Crippen LogP contribution in [0.25, 0.3) is 0 Å². The third-order valence-electron chi connectivity index (χ3n) is 5.70. The molecule has 4 rings (SSSR count). The van der Waals surface area contributed by atoms with E-state index in [-0.39, 0.29) is 23.7 Å². The van der Waals surface area contributed by atoms with E-state index < -0.39 is 0 Å². The molecule has 0 bridgehead atoms. The van der Waals surface area contributed by atoms with Gasteiger partial charge in [-0.2, -0.15) is 0 Å². The zero-order valence-corrected chi connectivity index (χ0v) is 16.4. The number of carbonyl (C=O) groups excluding carboxylic acids is 2. The molecule has 2 fully saturated rings. The van der Waals surface area contributed by atoms with Crippen molar-refractivity contribution in [3.8, 4) is 5.75 Å². The average Bonchev–Trinajstić information content (AvgIpc) is 3.41. The maximum atomic E-state index is 13.1. The number of ether oxygens (including phenoxy) is 1.